The Balaban J connectivity index is 1.70. The molecule has 2 aromatic carbocycles. The number of hydrogen-bond donors (Lipinski definition) is 1. The molecule has 0 aliphatic carbocycles. The van der Waals surface area contributed by atoms with E-state index in [4.69, 9.17) is 9.47 Å². The van der Waals surface area contributed by atoms with Crippen LogP contribution in [-0.4, -0.2) is 23.2 Å². The fourth-order valence-electron chi connectivity index (χ4n) is 3.12. The second-order valence-corrected chi connectivity index (χ2v) is 5.98. The Kier molecular flexibility index (Phi) is 4.23. The first-order valence-corrected chi connectivity index (χ1v) is 8.21. The van der Waals surface area contributed by atoms with Gasteiger partial charge in [0.1, 0.15) is 12.1 Å². The van der Waals surface area contributed by atoms with Gasteiger partial charge >= 0.3 is 6.09 Å². The van der Waals surface area contributed by atoms with Crippen LogP contribution in [0.25, 0.3) is 11.1 Å². The quantitative estimate of drug-likeness (QED) is 0.779. The lowest BCUT2D eigenvalue weighted by Gasteiger charge is -2.19. The summed E-state index contributed by atoms with van der Waals surface area (Å²) in [6, 6.07) is 15.2. The van der Waals surface area contributed by atoms with E-state index in [0.29, 0.717) is 0 Å². The van der Waals surface area contributed by atoms with Crippen LogP contribution in [0.3, 0.4) is 0 Å². The maximum atomic E-state index is 11.9. The predicted molar refractivity (Wildman–Crippen MR) is 95.6 cm³/mol. The van der Waals surface area contributed by atoms with Crippen molar-refractivity contribution in [2.45, 2.75) is 12.1 Å². The van der Waals surface area contributed by atoms with Crippen molar-refractivity contribution >= 4 is 6.09 Å². The number of nitrogens with zero attached hydrogens (tertiary/aromatic N) is 2. The Bertz CT molecular complexity index is 930. The number of carbonyl (C=O) groups excluding carboxylic acids is 1. The maximum Gasteiger partial charge on any atom is 0.408 e. The Morgan fingerprint density at radius 3 is 2.58 bits per heavy atom. The van der Waals surface area contributed by atoms with Crippen molar-refractivity contribution in [2.75, 3.05) is 7.11 Å². The molecule has 26 heavy (non-hydrogen) atoms. The summed E-state index contributed by atoms with van der Waals surface area (Å²) in [7, 11) is 1.61. The molecule has 0 spiro atoms. The van der Waals surface area contributed by atoms with Gasteiger partial charge in [-0.05, 0) is 34.9 Å². The Hall–Kier alpha value is -3.41. The van der Waals surface area contributed by atoms with Crippen LogP contribution in [0.4, 0.5) is 4.79 Å². The molecular weight excluding hydrogens is 330 g/mol. The molecule has 0 unspecified atom stereocenters. The molecule has 4 rings (SSSR count). The molecule has 6 heteroatoms. The fraction of sp³-hybridized carbons (Fsp3) is 0.150. The van der Waals surface area contributed by atoms with Crippen LogP contribution in [0.2, 0.25) is 0 Å². The number of aromatic nitrogens is 2. The number of hydrogen-bond acceptors (Lipinski definition) is 5. The van der Waals surface area contributed by atoms with E-state index in [1.165, 1.54) is 6.33 Å². The number of methoxy groups -OCH3 is 1. The van der Waals surface area contributed by atoms with Crippen LogP contribution in [0.1, 0.15) is 23.3 Å². The number of benzene rings is 2. The van der Waals surface area contributed by atoms with Crippen molar-refractivity contribution in [1.29, 1.82) is 0 Å². The van der Waals surface area contributed by atoms with Crippen molar-refractivity contribution in [2.24, 2.45) is 0 Å². The van der Waals surface area contributed by atoms with Crippen LogP contribution < -0.4 is 10.1 Å². The summed E-state index contributed by atoms with van der Waals surface area (Å²) in [4.78, 5) is 20.1. The molecule has 2 atom stereocenters. The monoisotopic (exact) mass is 347 g/mol. The standard InChI is InChI=1S/C20H17N3O3/c1-25-17-7-3-6-15(9-17)19-18(23-20(24)26-19)14-5-2-4-13(8-14)16-10-21-12-22-11-16/h2-12,18-19H,1H3,(H,23,24)/t18-,19-/m1/s1. The van der Waals surface area contributed by atoms with E-state index in [1.54, 1.807) is 19.5 Å². The van der Waals surface area contributed by atoms with Crippen LogP contribution in [0.15, 0.2) is 67.3 Å². The van der Waals surface area contributed by atoms with E-state index in [9.17, 15) is 4.79 Å². The van der Waals surface area contributed by atoms with Crippen LogP contribution in [0.5, 0.6) is 5.75 Å². The average molecular weight is 347 g/mol. The van der Waals surface area contributed by atoms with Crippen molar-refractivity contribution in [3.8, 4) is 16.9 Å². The SMILES string of the molecule is COc1cccc([C@H]2OC(=O)N[C@@H]2c2cccc(-c3cncnc3)c2)c1. The van der Waals surface area contributed by atoms with E-state index in [0.717, 1.165) is 28.0 Å². The zero-order chi connectivity index (χ0) is 17.9. The Labute approximate surface area is 150 Å². The zero-order valence-corrected chi connectivity index (χ0v) is 14.1. The molecule has 1 aliphatic rings. The summed E-state index contributed by atoms with van der Waals surface area (Å²) < 4.78 is 10.8. The van der Waals surface area contributed by atoms with Crippen molar-refractivity contribution < 1.29 is 14.3 Å². The molecule has 2 heterocycles. The van der Waals surface area contributed by atoms with Gasteiger partial charge in [-0.2, -0.15) is 0 Å². The topological polar surface area (TPSA) is 73.3 Å². The number of amides is 1. The molecule has 1 amide bonds. The third kappa shape index (κ3) is 3.09. The second kappa shape index (κ2) is 6.84. The first-order valence-electron chi connectivity index (χ1n) is 8.21. The van der Waals surface area contributed by atoms with Gasteiger partial charge in [-0.3, -0.25) is 0 Å². The molecule has 1 N–H and O–H groups in total. The highest BCUT2D eigenvalue weighted by molar-refractivity contribution is 5.72. The lowest BCUT2D eigenvalue weighted by atomic mass is 9.94. The van der Waals surface area contributed by atoms with Gasteiger partial charge in [0.2, 0.25) is 0 Å². The minimum absolute atomic E-state index is 0.292. The minimum Gasteiger partial charge on any atom is -0.497 e. The summed E-state index contributed by atoms with van der Waals surface area (Å²) in [6.45, 7) is 0. The second-order valence-electron chi connectivity index (χ2n) is 5.98. The summed E-state index contributed by atoms with van der Waals surface area (Å²) in [5.41, 5.74) is 3.72. The molecule has 3 aromatic rings. The van der Waals surface area contributed by atoms with Crippen LogP contribution in [0, 0.1) is 0 Å². The molecular formula is C20H17N3O3. The molecule has 1 aliphatic heterocycles. The number of ether oxygens (including phenoxy) is 2. The molecule has 130 valence electrons. The molecule has 1 aromatic heterocycles. The lowest BCUT2D eigenvalue weighted by Crippen LogP contribution is -2.19. The molecule has 0 bridgehead atoms. The molecule has 6 nitrogen and oxygen atoms in total. The fourth-order valence-corrected chi connectivity index (χ4v) is 3.12. The number of alkyl carbamates (subject to hydrolysis) is 1. The van der Waals surface area contributed by atoms with Gasteiger partial charge in [-0.15, -0.1) is 0 Å². The Morgan fingerprint density at radius 2 is 1.77 bits per heavy atom. The van der Waals surface area contributed by atoms with Gasteiger partial charge in [-0.1, -0.05) is 30.3 Å². The van der Waals surface area contributed by atoms with Crippen molar-refractivity contribution in [3.63, 3.8) is 0 Å². The molecule has 1 fully saturated rings. The first-order chi connectivity index (χ1) is 12.7. The van der Waals surface area contributed by atoms with Crippen molar-refractivity contribution in [1.82, 2.24) is 15.3 Å². The molecule has 0 saturated carbocycles. The smallest absolute Gasteiger partial charge is 0.408 e. The molecule has 0 radical (unpaired) electrons. The molecule has 1 saturated heterocycles. The number of cyclic esters (lactones) is 1. The largest absolute Gasteiger partial charge is 0.497 e. The van der Waals surface area contributed by atoms with Crippen molar-refractivity contribution in [3.05, 3.63) is 78.4 Å². The van der Waals surface area contributed by atoms with Crippen LogP contribution >= 0.6 is 0 Å². The number of rotatable bonds is 4. The highest BCUT2D eigenvalue weighted by Crippen LogP contribution is 2.38. The zero-order valence-electron chi connectivity index (χ0n) is 14.1. The third-order valence-corrected chi connectivity index (χ3v) is 4.37. The van der Waals surface area contributed by atoms with E-state index in [2.05, 4.69) is 15.3 Å². The summed E-state index contributed by atoms with van der Waals surface area (Å²) in [6.07, 6.45) is 4.15. The maximum absolute atomic E-state index is 11.9. The third-order valence-electron chi connectivity index (χ3n) is 4.37. The van der Waals surface area contributed by atoms with Gasteiger partial charge in [0.05, 0.1) is 13.2 Å². The summed E-state index contributed by atoms with van der Waals surface area (Å²) in [5, 5.41) is 2.90. The average Bonchev–Trinajstić information content (AvgIpc) is 3.11. The highest BCUT2D eigenvalue weighted by atomic mass is 16.6. The lowest BCUT2D eigenvalue weighted by molar-refractivity contribution is 0.132. The summed E-state index contributed by atoms with van der Waals surface area (Å²) in [5.74, 6) is 0.722. The van der Waals surface area contributed by atoms with Gasteiger partial charge in [-0.25, -0.2) is 14.8 Å². The number of carbonyl (C=O) groups is 1. The van der Waals surface area contributed by atoms with Gasteiger partial charge in [0.25, 0.3) is 0 Å². The van der Waals surface area contributed by atoms with E-state index >= 15 is 0 Å². The van der Waals surface area contributed by atoms with E-state index < -0.39 is 12.2 Å². The first kappa shape index (κ1) is 16.1. The normalized spacial score (nSPS) is 18.9. The van der Waals surface area contributed by atoms with Gasteiger partial charge < -0.3 is 14.8 Å². The summed E-state index contributed by atoms with van der Waals surface area (Å²) >= 11 is 0. The Morgan fingerprint density at radius 1 is 1.00 bits per heavy atom. The van der Waals surface area contributed by atoms with E-state index in [-0.39, 0.29) is 6.04 Å². The van der Waals surface area contributed by atoms with Gasteiger partial charge in [0.15, 0.2) is 6.10 Å². The van der Waals surface area contributed by atoms with Gasteiger partial charge in [0, 0.05) is 18.0 Å². The number of nitrogens with one attached hydrogen (secondary N) is 1. The van der Waals surface area contributed by atoms with E-state index in [1.807, 2.05) is 48.5 Å². The van der Waals surface area contributed by atoms with Crippen LogP contribution in [-0.2, 0) is 4.74 Å². The minimum atomic E-state index is -0.434. The highest BCUT2D eigenvalue weighted by Gasteiger charge is 2.36. The predicted octanol–water partition coefficient (Wildman–Crippen LogP) is 3.67.